The molecule has 13 heteroatoms. The molecular formula is C33H41N7O6. The molecule has 1 aliphatic heterocycles. The van der Waals surface area contributed by atoms with Crippen molar-refractivity contribution < 1.29 is 28.6 Å². The van der Waals surface area contributed by atoms with Crippen LogP contribution >= 0.6 is 0 Å². The van der Waals surface area contributed by atoms with Crippen molar-refractivity contribution in [2.75, 3.05) is 26.3 Å². The van der Waals surface area contributed by atoms with E-state index in [0.717, 1.165) is 24.8 Å². The molecule has 6 rings (SSSR count). The molecule has 3 fully saturated rings. The molecule has 0 bridgehead atoms. The van der Waals surface area contributed by atoms with Crippen molar-refractivity contribution in [2.45, 2.75) is 75.8 Å². The average molecular weight is 632 g/mol. The number of nitrogens with two attached hydrogens (primary N) is 1. The fraction of sp³-hybridized carbons (Fsp3) is 0.515. The number of nitrogens with one attached hydrogen (secondary N) is 1. The molecule has 2 aromatic carbocycles. The predicted octanol–water partition coefficient (Wildman–Crippen LogP) is 2.60. The number of hydrogen-bond acceptors (Lipinski definition) is 10. The zero-order chi connectivity index (χ0) is 32.4. The highest BCUT2D eigenvalue weighted by atomic mass is 16.6. The maximum absolute atomic E-state index is 13.0. The minimum absolute atomic E-state index is 0.0562. The molecule has 3 N–H and O–H groups in total. The van der Waals surface area contributed by atoms with E-state index in [1.807, 2.05) is 48.5 Å². The minimum atomic E-state index is -1.05. The van der Waals surface area contributed by atoms with Gasteiger partial charge in [0.2, 0.25) is 5.91 Å². The van der Waals surface area contributed by atoms with Gasteiger partial charge in [0, 0.05) is 24.5 Å². The molecule has 244 valence electrons. The molecule has 2 saturated carbocycles. The van der Waals surface area contributed by atoms with E-state index < -0.39 is 17.0 Å². The first-order valence-electron chi connectivity index (χ1n) is 15.8. The molecule has 13 nitrogen and oxygen atoms in total. The highest BCUT2D eigenvalue weighted by molar-refractivity contribution is 5.89. The van der Waals surface area contributed by atoms with Gasteiger partial charge in [-0.15, -0.1) is 5.10 Å². The quantitative estimate of drug-likeness (QED) is 0.284. The Balaban J connectivity index is 1.04. The highest BCUT2D eigenvalue weighted by Gasteiger charge is 2.60. The van der Waals surface area contributed by atoms with Gasteiger partial charge in [0.05, 0.1) is 36.3 Å². The standard InChI is InChI=1S/C33H41N7O6/c1-31(2,34)29(42)35-25-19-33(25,22-44-20-23-9-5-3-6-10-23)28-36-37-38-40(28)17-18-45-30(43)39-16-15-32(21-39)14-13-26(32)46-27(41)24-11-7-4-8-12-24/h3-12,25-26H,13-22,34H2,1-2H3,(H,35,42). The molecule has 4 atom stereocenters. The Morgan fingerprint density at radius 2 is 1.80 bits per heavy atom. The molecule has 3 aromatic rings. The number of rotatable bonds is 12. The number of carbonyl (C=O) groups excluding carboxylic acids is 3. The summed E-state index contributed by atoms with van der Waals surface area (Å²) in [6.07, 6.45) is 2.36. The third-order valence-electron chi connectivity index (χ3n) is 9.43. The third-order valence-corrected chi connectivity index (χ3v) is 9.43. The van der Waals surface area contributed by atoms with Gasteiger partial charge in [0.1, 0.15) is 12.7 Å². The average Bonchev–Trinajstić information content (AvgIpc) is 3.37. The van der Waals surface area contributed by atoms with E-state index in [0.29, 0.717) is 37.5 Å². The number of hydrogen-bond donors (Lipinski definition) is 2. The van der Waals surface area contributed by atoms with Gasteiger partial charge >= 0.3 is 12.1 Å². The van der Waals surface area contributed by atoms with E-state index in [-0.39, 0.29) is 49.2 Å². The number of tetrazole rings is 1. The number of aromatic nitrogens is 4. The molecule has 0 radical (unpaired) electrons. The van der Waals surface area contributed by atoms with Crippen LogP contribution in [-0.4, -0.2) is 87.1 Å². The number of benzene rings is 2. The fourth-order valence-corrected chi connectivity index (χ4v) is 6.40. The topological polar surface area (TPSA) is 164 Å². The van der Waals surface area contributed by atoms with Crippen LogP contribution in [0.4, 0.5) is 4.79 Å². The largest absolute Gasteiger partial charge is 0.458 e. The van der Waals surface area contributed by atoms with E-state index in [2.05, 4.69) is 20.8 Å². The van der Waals surface area contributed by atoms with Crippen LogP contribution in [0.1, 0.15) is 61.3 Å². The summed E-state index contributed by atoms with van der Waals surface area (Å²) in [5, 5.41) is 15.4. The SMILES string of the molecule is CC(C)(N)C(=O)NC1CC1(COCc1ccccc1)c1nnnn1CCOC(=O)N1CCC2(CCC2OC(=O)c2ccccc2)C1. The van der Waals surface area contributed by atoms with Crippen molar-refractivity contribution in [1.82, 2.24) is 30.4 Å². The fourth-order valence-electron chi connectivity index (χ4n) is 6.40. The molecule has 4 unspecified atom stereocenters. The van der Waals surface area contributed by atoms with Crippen LogP contribution < -0.4 is 11.1 Å². The van der Waals surface area contributed by atoms with Crippen molar-refractivity contribution in [3.05, 3.63) is 77.6 Å². The molecule has 2 heterocycles. The maximum atomic E-state index is 13.0. The number of amides is 2. The summed E-state index contributed by atoms with van der Waals surface area (Å²) < 4.78 is 19.2. The predicted molar refractivity (Wildman–Crippen MR) is 165 cm³/mol. The van der Waals surface area contributed by atoms with Crippen molar-refractivity contribution in [3.63, 3.8) is 0 Å². The zero-order valence-electron chi connectivity index (χ0n) is 26.3. The summed E-state index contributed by atoms with van der Waals surface area (Å²) >= 11 is 0. The minimum Gasteiger partial charge on any atom is -0.458 e. The summed E-state index contributed by atoms with van der Waals surface area (Å²) in [5.41, 5.74) is 5.65. The molecule has 2 amide bonds. The summed E-state index contributed by atoms with van der Waals surface area (Å²) in [6.45, 7) is 5.29. The van der Waals surface area contributed by atoms with Crippen molar-refractivity contribution in [3.8, 4) is 0 Å². The van der Waals surface area contributed by atoms with Crippen LogP contribution in [0.25, 0.3) is 0 Å². The molecule has 3 aliphatic rings. The first kappa shape index (κ1) is 31.6. The Kier molecular flexibility index (Phi) is 8.80. The first-order valence-corrected chi connectivity index (χ1v) is 15.8. The van der Waals surface area contributed by atoms with Crippen molar-refractivity contribution >= 4 is 18.0 Å². The Hall–Kier alpha value is -4.36. The van der Waals surface area contributed by atoms with Gasteiger partial charge in [0.15, 0.2) is 5.82 Å². The molecule has 1 spiro atoms. The molecular weight excluding hydrogens is 590 g/mol. The Morgan fingerprint density at radius 1 is 1.07 bits per heavy atom. The number of carbonyl (C=O) groups is 3. The lowest BCUT2D eigenvalue weighted by Gasteiger charge is -2.45. The normalized spacial score (nSPS) is 25.2. The van der Waals surface area contributed by atoms with E-state index >= 15 is 0 Å². The van der Waals surface area contributed by atoms with Crippen LogP contribution in [-0.2, 0) is 37.6 Å². The van der Waals surface area contributed by atoms with Gasteiger partial charge < -0.3 is 30.2 Å². The molecule has 2 aliphatic carbocycles. The number of esters is 1. The Labute approximate surface area is 267 Å². The van der Waals surface area contributed by atoms with Gasteiger partial charge in [-0.2, -0.15) is 0 Å². The van der Waals surface area contributed by atoms with Gasteiger partial charge in [-0.25, -0.2) is 14.3 Å². The lowest BCUT2D eigenvalue weighted by atomic mass is 9.65. The monoisotopic (exact) mass is 631 g/mol. The van der Waals surface area contributed by atoms with Crippen LogP contribution in [0.15, 0.2) is 60.7 Å². The van der Waals surface area contributed by atoms with Crippen LogP contribution in [0, 0.1) is 5.41 Å². The van der Waals surface area contributed by atoms with E-state index in [1.165, 1.54) is 0 Å². The summed E-state index contributed by atoms with van der Waals surface area (Å²) in [4.78, 5) is 40.1. The lowest BCUT2D eigenvalue weighted by Crippen LogP contribution is -2.51. The summed E-state index contributed by atoms with van der Waals surface area (Å²) in [5.74, 6) is -0.0629. The van der Waals surface area contributed by atoms with Crippen LogP contribution in [0.5, 0.6) is 0 Å². The maximum Gasteiger partial charge on any atom is 0.409 e. The molecule has 46 heavy (non-hydrogen) atoms. The second-order valence-corrected chi connectivity index (χ2v) is 13.3. The first-order chi connectivity index (χ1) is 22.1. The Morgan fingerprint density at radius 3 is 2.50 bits per heavy atom. The summed E-state index contributed by atoms with van der Waals surface area (Å²) in [7, 11) is 0. The molecule has 1 aromatic heterocycles. The van der Waals surface area contributed by atoms with E-state index in [1.54, 1.807) is 35.6 Å². The lowest BCUT2D eigenvalue weighted by molar-refractivity contribution is -0.125. The highest BCUT2D eigenvalue weighted by Crippen LogP contribution is 2.50. The number of ether oxygens (including phenoxy) is 3. The van der Waals surface area contributed by atoms with Gasteiger partial charge in [0.25, 0.3) is 0 Å². The molecule has 1 saturated heterocycles. The van der Waals surface area contributed by atoms with Gasteiger partial charge in [-0.05, 0) is 67.7 Å². The van der Waals surface area contributed by atoms with Crippen molar-refractivity contribution in [1.29, 1.82) is 0 Å². The smallest absolute Gasteiger partial charge is 0.409 e. The van der Waals surface area contributed by atoms with E-state index in [4.69, 9.17) is 19.9 Å². The second kappa shape index (κ2) is 12.8. The van der Waals surface area contributed by atoms with Crippen molar-refractivity contribution in [2.24, 2.45) is 11.1 Å². The van der Waals surface area contributed by atoms with Crippen LogP contribution in [0.2, 0.25) is 0 Å². The van der Waals surface area contributed by atoms with Crippen LogP contribution in [0.3, 0.4) is 0 Å². The summed E-state index contributed by atoms with van der Waals surface area (Å²) in [6, 6.07) is 18.5. The number of likely N-dealkylation sites (tertiary alicyclic amines) is 1. The zero-order valence-corrected chi connectivity index (χ0v) is 26.3. The van der Waals surface area contributed by atoms with E-state index in [9.17, 15) is 14.4 Å². The second-order valence-electron chi connectivity index (χ2n) is 13.3. The number of nitrogens with zero attached hydrogens (tertiary/aromatic N) is 5. The van der Waals surface area contributed by atoms with Gasteiger partial charge in [-0.3, -0.25) is 4.79 Å². The Bertz CT molecular complexity index is 1540. The van der Waals surface area contributed by atoms with Gasteiger partial charge in [-0.1, -0.05) is 48.5 Å². The third kappa shape index (κ3) is 6.61.